The van der Waals surface area contributed by atoms with Crippen molar-refractivity contribution in [3.05, 3.63) is 53.7 Å². The predicted molar refractivity (Wildman–Crippen MR) is 59.1 cm³/mol. The molecule has 0 spiro atoms. The summed E-state index contributed by atoms with van der Waals surface area (Å²) in [6, 6.07) is 8.34. The molecule has 0 aliphatic carbocycles. The van der Waals surface area contributed by atoms with E-state index in [1.807, 2.05) is 0 Å². The van der Waals surface area contributed by atoms with Crippen molar-refractivity contribution in [1.82, 2.24) is 4.98 Å². The van der Waals surface area contributed by atoms with Crippen LogP contribution < -0.4 is 0 Å². The van der Waals surface area contributed by atoms with Gasteiger partial charge in [0, 0.05) is 5.56 Å². The summed E-state index contributed by atoms with van der Waals surface area (Å²) < 4.78 is 26.2. The van der Waals surface area contributed by atoms with Gasteiger partial charge in [-0.15, -0.1) is 11.6 Å². The fraction of sp³-hybridized carbons (Fsp3) is 0.0833. The Morgan fingerprint density at radius 1 is 1.00 bits per heavy atom. The second-order valence-electron chi connectivity index (χ2n) is 3.27. The Morgan fingerprint density at radius 3 is 2.31 bits per heavy atom. The molecule has 0 N–H and O–H groups in total. The van der Waals surface area contributed by atoms with E-state index in [0.717, 1.165) is 0 Å². The first-order valence-corrected chi connectivity index (χ1v) is 5.21. The Labute approximate surface area is 96.7 Å². The molecule has 0 atom stereocenters. The van der Waals surface area contributed by atoms with Gasteiger partial charge < -0.3 is 0 Å². The van der Waals surface area contributed by atoms with Crippen LogP contribution in [-0.4, -0.2) is 4.98 Å². The van der Waals surface area contributed by atoms with Gasteiger partial charge in [-0.2, -0.15) is 0 Å². The first-order valence-electron chi connectivity index (χ1n) is 4.68. The van der Waals surface area contributed by atoms with Crippen molar-refractivity contribution in [2.45, 2.75) is 5.88 Å². The van der Waals surface area contributed by atoms with E-state index in [-0.39, 0.29) is 17.4 Å². The smallest absolute Gasteiger partial charge is 0.149 e. The van der Waals surface area contributed by atoms with Crippen LogP contribution in [0.15, 0.2) is 36.4 Å². The molecule has 2 rings (SSSR count). The zero-order chi connectivity index (χ0) is 11.5. The number of alkyl halides is 1. The van der Waals surface area contributed by atoms with Crippen molar-refractivity contribution in [1.29, 1.82) is 0 Å². The molecule has 1 heterocycles. The fourth-order valence-corrected chi connectivity index (χ4v) is 1.52. The highest BCUT2D eigenvalue weighted by Gasteiger charge is 2.07. The topological polar surface area (TPSA) is 12.9 Å². The number of nitrogens with zero attached hydrogens (tertiary/aromatic N) is 1. The van der Waals surface area contributed by atoms with Gasteiger partial charge in [0.1, 0.15) is 17.3 Å². The van der Waals surface area contributed by atoms with Crippen molar-refractivity contribution in [3.63, 3.8) is 0 Å². The molecule has 0 amide bonds. The molecule has 0 unspecified atom stereocenters. The molecule has 4 heteroatoms. The van der Waals surface area contributed by atoms with E-state index in [1.165, 1.54) is 36.4 Å². The number of pyridine rings is 1. The van der Waals surface area contributed by atoms with Crippen molar-refractivity contribution in [2.75, 3.05) is 0 Å². The van der Waals surface area contributed by atoms with Gasteiger partial charge in [-0.25, -0.2) is 13.8 Å². The standard InChI is InChI=1S/C12H8ClF2N/c13-7-10-5-6-11(15)12(16-10)8-1-3-9(14)4-2-8/h1-6H,7H2. The molecule has 2 aromatic rings. The van der Waals surface area contributed by atoms with Gasteiger partial charge in [-0.05, 0) is 36.4 Å². The van der Waals surface area contributed by atoms with Crippen LogP contribution in [0.4, 0.5) is 8.78 Å². The molecule has 1 nitrogen and oxygen atoms in total. The lowest BCUT2D eigenvalue weighted by Gasteiger charge is -2.04. The lowest BCUT2D eigenvalue weighted by molar-refractivity contribution is 0.622. The number of hydrogen-bond donors (Lipinski definition) is 0. The summed E-state index contributed by atoms with van der Waals surface area (Å²) >= 11 is 5.62. The second kappa shape index (κ2) is 4.58. The van der Waals surface area contributed by atoms with Crippen LogP contribution in [0.2, 0.25) is 0 Å². The SMILES string of the molecule is Fc1ccc(-c2nc(CCl)ccc2F)cc1. The molecule has 0 fully saturated rings. The Bertz CT molecular complexity index is 497. The fourth-order valence-electron chi connectivity index (χ4n) is 1.37. The number of benzene rings is 1. The van der Waals surface area contributed by atoms with E-state index in [0.29, 0.717) is 11.3 Å². The normalized spacial score (nSPS) is 10.4. The molecule has 82 valence electrons. The van der Waals surface area contributed by atoms with Crippen molar-refractivity contribution in [3.8, 4) is 11.3 Å². The van der Waals surface area contributed by atoms with Gasteiger partial charge in [0.2, 0.25) is 0 Å². The van der Waals surface area contributed by atoms with Crippen LogP contribution in [0.3, 0.4) is 0 Å². The van der Waals surface area contributed by atoms with E-state index < -0.39 is 5.82 Å². The molecular weight excluding hydrogens is 232 g/mol. The summed E-state index contributed by atoms with van der Waals surface area (Å²) in [4.78, 5) is 4.06. The van der Waals surface area contributed by atoms with Crippen molar-refractivity contribution < 1.29 is 8.78 Å². The summed E-state index contributed by atoms with van der Waals surface area (Å²) in [5.74, 6) is -0.591. The van der Waals surface area contributed by atoms with Crippen molar-refractivity contribution >= 4 is 11.6 Å². The first-order chi connectivity index (χ1) is 7.70. The van der Waals surface area contributed by atoms with Crippen LogP contribution in [-0.2, 0) is 5.88 Å². The molecule has 1 aromatic carbocycles. The minimum absolute atomic E-state index is 0.193. The molecule has 0 saturated heterocycles. The quantitative estimate of drug-likeness (QED) is 0.727. The minimum atomic E-state index is -0.444. The van der Waals surface area contributed by atoms with E-state index in [9.17, 15) is 8.78 Å². The maximum atomic E-state index is 13.5. The van der Waals surface area contributed by atoms with Crippen LogP contribution in [0.25, 0.3) is 11.3 Å². The van der Waals surface area contributed by atoms with Gasteiger partial charge in [0.05, 0.1) is 11.6 Å². The predicted octanol–water partition coefficient (Wildman–Crippen LogP) is 3.77. The molecule has 0 bridgehead atoms. The Hall–Kier alpha value is -1.48. The molecule has 0 aliphatic heterocycles. The Morgan fingerprint density at radius 2 is 1.69 bits per heavy atom. The maximum Gasteiger partial charge on any atom is 0.149 e. The van der Waals surface area contributed by atoms with Crippen molar-refractivity contribution in [2.24, 2.45) is 0 Å². The Kier molecular flexibility index (Phi) is 3.15. The number of halogens is 3. The lowest BCUT2D eigenvalue weighted by atomic mass is 10.1. The average Bonchev–Trinajstić information content (AvgIpc) is 2.31. The average molecular weight is 240 g/mol. The van der Waals surface area contributed by atoms with E-state index in [1.54, 1.807) is 0 Å². The van der Waals surface area contributed by atoms with Crippen LogP contribution in [0.5, 0.6) is 0 Å². The van der Waals surface area contributed by atoms with E-state index >= 15 is 0 Å². The third-order valence-electron chi connectivity index (χ3n) is 2.16. The first kappa shape index (κ1) is 11.0. The van der Waals surface area contributed by atoms with E-state index in [2.05, 4.69) is 4.98 Å². The summed E-state index contributed by atoms with van der Waals surface area (Å²) in [5, 5.41) is 0. The molecule has 16 heavy (non-hydrogen) atoms. The molecule has 0 radical (unpaired) electrons. The van der Waals surface area contributed by atoms with Gasteiger partial charge >= 0.3 is 0 Å². The highest BCUT2D eigenvalue weighted by atomic mass is 35.5. The third kappa shape index (κ3) is 2.19. The highest BCUT2D eigenvalue weighted by Crippen LogP contribution is 2.21. The largest absolute Gasteiger partial charge is 0.248 e. The summed E-state index contributed by atoms with van der Waals surface area (Å²) in [6.45, 7) is 0. The second-order valence-corrected chi connectivity index (χ2v) is 3.54. The van der Waals surface area contributed by atoms with Crippen LogP contribution >= 0.6 is 11.6 Å². The zero-order valence-electron chi connectivity index (χ0n) is 8.25. The number of rotatable bonds is 2. The van der Waals surface area contributed by atoms with Crippen LogP contribution in [0.1, 0.15) is 5.69 Å². The van der Waals surface area contributed by atoms with Gasteiger partial charge in [-0.3, -0.25) is 0 Å². The summed E-state index contributed by atoms with van der Waals surface area (Å²) in [6.07, 6.45) is 0. The van der Waals surface area contributed by atoms with Gasteiger partial charge in [0.15, 0.2) is 0 Å². The maximum absolute atomic E-state index is 13.5. The van der Waals surface area contributed by atoms with Gasteiger partial charge in [0.25, 0.3) is 0 Å². The summed E-state index contributed by atoms with van der Waals surface area (Å²) in [5.41, 5.74) is 1.31. The number of hydrogen-bond acceptors (Lipinski definition) is 1. The summed E-state index contributed by atoms with van der Waals surface area (Å²) in [7, 11) is 0. The molecule has 0 saturated carbocycles. The minimum Gasteiger partial charge on any atom is -0.248 e. The lowest BCUT2D eigenvalue weighted by Crippen LogP contribution is -1.93. The molecule has 1 aromatic heterocycles. The van der Waals surface area contributed by atoms with Crippen LogP contribution in [0, 0.1) is 11.6 Å². The molecule has 0 aliphatic rings. The number of aromatic nitrogens is 1. The van der Waals surface area contributed by atoms with E-state index in [4.69, 9.17) is 11.6 Å². The Balaban J connectivity index is 2.50. The monoisotopic (exact) mass is 239 g/mol. The molecular formula is C12H8ClF2N. The van der Waals surface area contributed by atoms with Gasteiger partial charge in [-0.1, -0.05) is 0 Å². The zero-order valence-corrected chi connectivity index (χ0v) is 9.01. The highest BCUT2D eigenvalue weighted by molar-refractivity contribution is 6.16. The third-order valence-corrected chi connectivity index (χ3v) is 2.43.